The molecule has 0 saturated carbocycles. The van der Waals surface area contributed by atoms with Crippen LogP contribution in [0, 0.1) is 13.8 Å². The van der Waals surface area contributed by atoms with Gasteiger partial charge in [0, 0.05) is 0 Å². The standard InChI is InChI=1S/C12H11N3/c1-8-3-4-11-12(5-8)15-10(7-13-11)6-9(2)14-15/h3-7H,1-2H3. The van der Waals surface area contributed by atoms with Crippen molar-refractivity contribution in [3.8, 4) is 0 Å². The fourth-order valence-corrected chi connectivity index (χ4v) is 1.85. The van der Waals surface area contributed by atoms with E-state index in [-0.39, 0.29) is 0 Å². The molecule has 3 nitrogen and oxygen atoms in total. The zero-order valence-corrected chi connectivity index (χ0v) is 8.73. The van der Waals surface area contributed by atoms with Crippen LogP contribution in [0.1, 0.15) is 11.3 Å². The molecule has 0 atom stereocenters. The van der Waals surface area contributed by atoms with Gasteiger partial charge in [0.15, 0.2) is 0 Å². The van der Waals surface area contributed by atoms with Gasteiger partial charge in [-0.1, -0.05) is 6.07 Å². The molecule has 2 heterocycles. The Bertz CT molecular complexity index is 652. The number of benzene rings is 1. The number of nitrogens with zero attached hydrogens (tertiary/aromatic N) is 3. The first kappa shape index (κ1) is 8.41. The molecule has 0 amide bonds. The van der Waals surface area contributed by atoms with Crippen molar-refractivity contribution >= 4 is 16.6 Å². The molecule has 1 aromatic carbocycles. The smallest absolute Gasteiger partial charge is 0.0912 e. The third-order valence-corrected chi connectivity index (χ3v) is 2.55. The summed E-state index contributed by atoms with van der Waals surface area (Å²) in [4.78, 5) is 4.40. The Morgan fingerprint density at radius 1 is 1.13 bits per heavy atom. The summed E-state index contributed by atoms with van der Waals surface area (Å²) in [5, 5.41) is 4.46. The van der Waals surface area contributed by atoms with Gasteiger partial charge >= 0.3 is 0 Å². The molecule has 0 radical (unpaired) electrons. The monoisotopic (exact) mass is 197 g/mol. The van der Waals surface area contributed by atoms with Gasteiger partial charge in [-0.05, 0) is 37.6 Å². The van der Waals surface area contributed by atoms with E-state index >= 15 is 0 Å². The Morgan fingerprint density at radius 2 is 2.00 bits per heavy atom. The second-order valence-corrected chi connectivity index (χ2v) is 3.87. The predicted molar refractivity (Wildman–Crippen MR) is 60.0 cm³/mol. The molecule has 0 unspecified atom stereocenters. The normalized spacial score (nSPS) is 11.3. The molecule has 2 aromatic heterocycles. The highest BCUT2D eigenvalue weighted by molar-refractivity contribution is 5.78. The van der Waals surface area contributed by atoms with Crippen LogP contribution in [-0.2, 0) is 0 Å². The lowest BCUT2D eigenvalue weighted by Crippen LogP contribution is -1.92. The van der Waals surface area contributed by atoms with Crippen molar-refractivity contribution in [2.75, 3.05) is 0 Å². The van der Waals surface area contributed by atoms with E-state index in [1.165, 1.54) is 5.56 Å². The van der Waals surface area contributed by atoms with Gasteiger partial charge in [-0.2, -0.15) is 5.10 Å². The fourth-order valence-electron chi connectivity index (χ4n) is 1.85. The highest BCUT2D eigenvalue weighted by atomic mass is 15.2. The molecule has 3 heteroatoms. The number of aromatic nitrogens is 3. The number of fused-ring (bicyclic) bond motifs is 3. The maximum Gasteiger partial charge on any atom is 0.0912 e. The largest absolute Gasteiger partial charge is 0.252 e. The van der Waals surface area contributed by atoms with Gasteiger partial charge in [0.05, 0.1) is 28.4 Å². The van der Waals surface area contributed by atoms with Gasteiger partial charge in [0.2, 0.25) is 0 Å². The predicted octanol–water partition coefficient (Wildman–Crippen LogP) is 2.50. The quantitative estimate of drug-likeness (QED) is 0.554. The van der Waals surface area contributed by atoms with Crippen molar-refractivity contribution in [2.24, 2.45) is 0 Å². The first-order chi connectivity index (χ1) is 7.24. The molecule has 15 heavy (non-hydrogen) atoms. The molecule has 0 aliphatic carbocycles. The first-order valence-electron chi connectivity index (χ1n) is 4.96. The molecule has 0 bridgehead atoms. The maximum absolute atomic E-state index is 4.46. The molecular formula is C12H11N3. The summed E-state index contributed by atoms with van der Waals surface area (Å²) < 4.78 is 1.95. The summed E-state index contributed by atoms with van der Waals surface area (Å²) in [6.45, 7) is 4.07. The van der Waals surface area contributed by atoms with Crippen LogP contribution >= 0.6 is 0 Å². The van der Waals surface area contributed by atoms with E-state index in [0.717, 1.165) is 22.2 Å². The van der Waals surface area contributed by atoms with Gasteiger partial charge in [-0.25, -0.2) is 4.52 Å². The molecule has 3 rings (SSSR count). The molecule has 0 fully saturated rings. The average molecular weight is 197 g/mol. The Labute approximate surface area is 87.4 Å². The molecule has 0 N–H and O–H groups in total. The van der Waals surface area contributed by atoms with Gasteiger partial charge in [-0.15, -0.1) is 0 Å². The average Bonchev–Trinajstić information content (AvgIpc) is 2.58. The summed E-state index contributed by atoms with van der Waals surface area (Å²) in [6.07, 6.45) is 1.86. The first-order valence-corrected chi connectivity index (χ1v) is 4.96. The van der Waals surface area contributed by atoms with Crippen molar-refractivity contribution in [2.45, 2.75) is 13.8 Å². The highest BCUT2D eigenvalue weighted by Gasteiger charge is 2.03. The van der Waals surface area contributed by atoms with Crippen LogP contribution in [0.15, 0.2) is 30.5 Å². The Morgan fingerprint density at radius 3 is 2.87 bits per heavy atom. The van der Waals surface area contributed by atoms with E-state index in [4.69, 9.17) is 0 Å². The van der Waals surface area contributed by atoms with E-state index < -0.39 is 0 Å². The molecule has 3 aromatic rings. The molecule has 74 valence electrons. The lowest BCUT2D eigenvalue weighted by molar-refractivity contribution is 0.964. The molecular weight excluding hydrogens is 186 g/mol. The van der Waals surface area contributed by atoms with Crippen LogP contribution in [0.2, 0.25) is 0 Å². The van der Waals surface area contributed by atoms with E-state index in [0.29, 0.717) is 0 Å². The van der Waals surface area contributed by atoms with E-state index in [9.17, 15) is 0 Å². The Kier molecular flexibility index (Phi) is 1.57. The van der Waals surface area contributed by atoms with Crippen LogP contribution in [0.3, 0.4) is 0 Å². The van der Waals surface area contributed by atoms with Crippen LogP contribution in [0.25, 0.3) is 16.6 Å². The van der Waals surface area contributed by atoms with Crippen molar-refractivity contribution in [3.63, 3.8) is 0 Å². The van der Waals surface area contributed by atoms with Gasteiger partial charge in [0.25, 0.3) is 0 Å². The lowest BCUT2D eigenvalue weighted by Gasteiger charge is -2.01. The Balaban J connectivity index is 2.56. The van der Waals surface area contributed by atoms with Crippen molar-refractivity contribution < 1.29 is 0 Å². The minimum Gasteiger partial charge on any atom is -0.252 e. The lowest BCUT2D eigenvalue weighted by atomic mass is 10.2. The molecule has 0 aliphatic heterocycles. The molecule has 0 aliphatic rings. The summed E-state index contributed by atoms with van der Waals surface area (Å²) >= 11 is 0. The summed E-state index contributed by atoms with van der Waals surface area (Å²) in [5.41, 5.74) is 5.35. The second-order valence-electron chi connectivity index (χ2n) is 3.87. The topological polar surface area (TPSA) is 30.2 Å². The third-order valence-electron chi connectivity index (χ3n) is 2.55. The fraction of sp³-hybridized carbons (Fsp3) is 0.167. The zero-order chi connectivity index (χ0) is 10.4. The van der Waals surface area contributed by atoms with E-state index in [1.54, 1.807) is 0 Å². The summed E-state index contributed by atoms with van der Waals surface area (Å²) in [5.74, 6) is 0. The number of aryl methyl sites for hydroxylation is 2. The van der Waals surface area contributed by atoms with E-state index in [1.807, 2.05) is 29.8 Å². The number of hydrogen-bond acceptors (Lipinski definition) is 2. The van der Waals surface area contributed by atoms with Gasteiger partial charge < -0.3 is 0 Å². The van der Waals surface area contributed by atoms with Crippen LogP contribution in [-0.4, -0.2) is 14.6 Å². The third kappa shape index (κ3) is 1.20. The van der Waals surface area contributed by atoms with Crippen molar-refractivity contribution in [1.82, 2.24) is 14.6 Å². The summed E-state index contributed by atoms with van der Waals surface area (Å²) in [7, 11) is 0. The van der Waals surface area contributed by atoms with Gasteiger partial charge in [-0.3, -0.25) is 4.98 Å². The minimum absolute atomic E-state index is 0.983. The van der Waals surface area contributed by atoms with Crippen molar-refractivity contribution in [1.29, 1.82) is 0 Å². The van der Waals surface area contributed by atoms with E-state index in [2.05, 4.69) is 29.1 Å². The van der Waals surface area contributed by atoms with Crippen molar-refractivity contribution in [3.05, 3.63) is 41.7 Å². The second kappa shape index (κ2) is 2.79. The highest BCUT2D eigenvalue weighted by Crippen LogP contribution is 2.16. The summed E-state index contributed by atoms with van der Waals surface area (Å²) in [6, 6.07) is 8.25. The molecule has 0 spiro atoms. The molecule has 0 saturated heterocycles. The van der Waals surface area contributed by atoms with Crippen LogP contribution < -0.4 is 0 Å². The van der Waals surface area contributed by atoms with Gasteiger partial charge in [0.1, 0.15) is 0 Å². The maximum atomic E-state index is 4.46. The van der Waals surface area contributed by atoms with Crippen LogP contribution in [0.4, 0.5) is 0 Å². The zero-order valence-electron chi connectivity index (χ0n) is 8.73. The number of hydrogen-bond donors (Lipinski definition) is 0. The number of rotatable bonds is 0. The Hall–Kier alpha value is -1.90. The SMILES string of the molecule is Cc1ccc2ncc3cc(C)nn3c2c1. The minimum atomic E-state index is 0.983. The van der Waals surface area contributed by atoms with Crippen LogP contribution in [0.5, 0.6) is 0 Å².